The molecule has 146 valence electrons. The van der Waals surface area contributed by atoms with E-state index in [9.17, 15) is 4.79 Å². The fraction of sp³-hybridized carbons (Fsp3) is 0.240. The lowest BCUT2D eigenvalue weighted by atomic mass is 9.72. The molecule has 1 amide bonds. The largest absolute Gasteiger partial charge is 0.497 e. The van der Waals surface area contributed by atoms with Gasteiger partial charge in [0.15, 0.2) is 0 Å². The molecule has 2 aliphatic rings. The van der Waals surface area contributed by atoms with Crippen LogP contribution in [0.5, 0.6) is 5.75 Å². The van der Waals surface area contributed by atoms with Gasteiger partial charge in [-0.2, -0.15) is 0 Å². The van der Waals surface area contributed by atoms with Crippen LogP contribution in [-0.2, 0) is 10.2 Å². The van der Waals surface area contributed by atoms with E-state index in [1.165, 1.54) is 5.56 Å². The third-order valence-corrected chi connectivity index (χ3v) is 6.47. The number of amides is 1. The monoisotopic (exact) mass is 384 g/mol. The highest BCUT2D eigenvalue weighted by Gasteiger charge is 2.59. The van der Waals surface area contributed by atoms with E-state index >= 15 is 0 Å². The topological polar surface area (TPSA) is 41.6 Å². The summed E-state index contributed by atoms with van der Waals surface area (Å²) >= 11 is 0. The smallest absolute Gasteiger partial charge is 0.239 e. The van der Waals surface area contributed by atoms with E-state index in [2.05, 4.69) is 35.6 Å². The average Bonchev–Trinajstić information content (AvgIpc) is 3.28. The van der Waals surface area contributed by atoms with E-state index in [1.807, 2.05) is 60.5 Å². The maximum Gasteiger partial charge on any atom is 0.239 e. The Morgan fingerprint density at radius 1 is 0.931 bits per heavy atom. The summed E-state index contributed by atoms with van der Waals surface area (Å²) in [5, 5.41) is 3.80. The van der Waals surface area contributed by atoms with Crippen LogP contribution in [0.15, 0.2) is 78.9 Å². The SMILES string of the molecule is COc1ccc([C@@H]2C[C@]3(C(=O)N(C)c4ccccc43)[C@H](c3ccccc3)N2)cc1. The molecule has 0 bridgehead atoms. The number of hydrogen-bond donors (Lipinski definition) is 1. The molecule has 5 rings (SSSR count). The molecule has 29 heavy (non-hydrogen) atoms. The van der Waals surface area contributed by atoms with E-state index in [0.717, 1.165) is 29.0 Å². The zero-order valence-electron chi connectivity index (χ0n) is 16.6. The molecule has 1 saturated heterocycles. The molecule has 0 unspecified atom stereocenters. The lowest BCUT2D eigenvalue weighted by Gasteiger charge is -2.30. The summed E-state index contributed by atoms with van der Waals surface area (Å²) in [4.78, 5) is 15.5. The molecule has 0 saturated carbocycles. The van der Waals surface area contributed by atoms with Gasteiger partial charge >= 0.3 is 0 Å². The zero-order chi connectivity index (χ0) is 20.0. The van der Waals surface area contributed by atoms with Gasteiger partial charge in [0, 0.05) is 18.8 Å². The Morgan fingerprint density at radius 3 is 2.34 bits per heavy atom. The van der Waals surface area contributed by atoms with Crippen LogP contribution >= 0.6 is 0 Å². The number of benzene rings is 3. The first kappa shape index (κ1) is 18.0. The second-order valence-corrected chi connectivity index (χ2v) is 7.89. The summed E-state index contributed by atoms with van der Waals surface area (Å²) < 4.78 is 5.31. The van der Waals surface area contributed by atoms with Gasteiger partial charge in [0.1, 0.15) is 5.75 Å². The van der Waals surface area contributed by atoms with E-state index < -0.39 is 5.41 Å². The highest BCUT2D eigenvalue weighted by atomic mass is 16.5. The van der Waals surface area contributed by atoms with Crippen molar-refractivity contribution < 1.29 is 9.53 Å². The Hall–Kier alpha value is -3.11. The lowest BCUT2D eigenvalue weighted by molar-refractivity contribution is -0.123. The molecule has 4 heteroatoms. The predicted octanol–water partition coefficient (Wildman–Crippen LogP) is 4.39. The first-order valence-electron chi connectivity index (χ1n) is 9.98. The molecule has 1 N–H and O–H groups in total. The van der Waals surface area contributed by atoms with Gasteiger partial charge in [-0.1, -0.05) is 60.7 Å². The Balaban J connectivity index is 1.65. The molecule has 2 aliphatic heterocycles. The first-order valence-corrected chi connectivity index (χ1v) is 9.98. The number of methoxy groups -OCH3 is 1. The van der Waals surface area contributed by atoms with Gasteiger partial charge in [-0.05, 0) is 41.3 Å². The fourth-order valence-electron chi connectivity index (χ4n) is 5.06. The summed E-state index contributed by atoms with van der Waals surface area (Å²) in [6.07, 6.45) is 0.721. The summed E-state index contributed by atoms with van der Waals surface area (Å²) in [7, 11) is 3.56. The molecule has 3 atom stereocenters. The van der Waals surface area contributed by atoms with Crippen molar-refractivity contribution in [1.29, 1.82) is 0 Å². The molecule has 4 nitrogen and oxygen atoms in total. The second kappa shape index (κ2) is 6.75. The Labute approximate surface area is 171 Å². The minimum absolute atomic E-state index is 0.0784. The van der Waals surface area contributed by atoms with E-state index in [-0.39, 0.29) is 18.0 Å². The number of rotatable bonds is 3. The van der Waals surface area contributed by atoms with E-state index in [0.29, 0.717) is 0 Å². The normalized spacial score (nSPS) is 25.4. The number of carbonyl (C=O) groups excluding carboxylic acids is 1. The molecule has 0 radical (unpaired) electrons. The van der Waals surface area contributed by atoms with Crippen molar-refractivity contribution in [3.63, 3.8) is 0 Å². The molecular formula is C25H24N2O2. The van der Waals surface area contributed by atoms with Gasteiger partial charge < -0.3 is 15.0 Å². The van der Waals surface area contributed by atoms with E-state index in [1.54, 1.807) is 7.11 Å². The molecule has 3 aromatic carbocycles. The number of ether oxygens (including phenoxy) is 1. The minimum Gasteiger partial charge on any atom is -0.497 e. The molecule has 1 fully saturated rings. The maximum atomic E-state index is 13.7. The van der Waals surface area contributed by atoms with Crippen molar-refractivity contribution in [1.82, 2.24) is 5.32 Å². The number of nitrogens with zero attached hydrogens (tertiary/aromatic N) is 1. The lowest BCUT2D eigenvalue weighted by Crippen LogP contribution is -2.42. The second-order valence-electron chi connectivity index (χ2n) is 7.89. The highest BCUT2D eigenvalue weighted by molar-refractivity contribution is 6.08. The van der Waals surface area contributed by atoms with Gasteiger partial charge in [0.2, 0.25) is 5.91 Å². The van der Waals surface area contributed by atoms with Crippen molar-refractivity contribution in [2.24, 2.45) is 0 Å². The Morgan fingerprint density at radius 2 is 1.62 bits per heavy atom. The van der Waals surface area contributed by atoms with Crippen LogP contribution in [0.25, 0.3) is 0 Å². The number of carbonyl (C=O) groups is 1. The summed E-state index contributed by atoms with van der Waals surface area (Å²) in [6.45, 7) is 0. The molecule has 0 aromatic heterocycles. The molecule has 2 heterocycles. The van der Waals surface area contributed by atoms with Crippen LogP contribution in [0, 0.1) is 0 Å². The van der Waals surface area contributed by atoms with Crippen LogP contribution < -0.4 is 15.0 Å². The van der Waals surface area contributed by atoms with Gasteiger partial charge in [0.05, 0.1) is 18.6 Å². The summed E-state index contributed by atoms with van der Waals surface area (Å²) in [5.41, 5.74) is 3.82. The number of likely N-dealkylation sites (N-methyl/N-ethyl adjacent to an activating group) is 1. The van der Waals surface area contributed by atoms with Gasteiger partial charge in [0.25, 0.3) is 0 Å². The standard InChI is InChI=1S/C25H24N2O2/c1-27-22-11-7-6-10-20(22)25(24(27)28)16-21(17-12-14-19(29-2)15-13-17)26-23(25)18-8-4-3-5-9-18/h3-15,21,23,26H,16H2,1-2H3/t21-,23-,25+/m0/s1. The molecule has 1 spiro atoms. The number of nitrogens with one attached hydrogen (secondary N) is 1. The van der Waals surface area contributed by atoms with Crippen molar-refractivity contribution in [3.8, 4) is 5.75 Å². The quantitative estimate of drug-likeness (QED) is 0.728. The number of fused-ring (bicyclic) bond motifs is 2. The number of para-hydroxylation sites is 1. The molecular weight excluding hydrogens is 360 g/mol. The van der Waals surface area contributed by atoms with Crippen molar-refractivity contribution >= 4 is 11.6 Å². The predicted molar refractivity (Wildman–Crippen MR) is 114 cm³/mol. The van der Waals surface area contributed by atoms with Crippen LogP contribution in [0.2, 0.25) is 0 Å². The highest BCUT2D eigenvalue weighted by Crippen LogP contribution is 2.56. The number of anilines is 1. The van der Waals surface area contributed by atoms with Crippen molar-refractivity contribution in [2.45, 2.75) is 23.9 Å². The van der Waals surface area contributed by atoms with Crippen LogP contribution in [0.1, 0.15) is 35.2 Å². The summed E-state index contributed by atoms with van der Waals surface area (Å²) in [6, 6.07) is 26.7. The molecule has 0 aliphatic carbocycles. The maximum absolute atomic E-state index is 13.7. The average molecular weight is 384 g/mol. The van der Waals surface area contributed by atoms with Gasteiger partial charge in [-0.3, -0.25) is 4.79 Å². The Bertz CT molecular complexity index is 1050. The molecule has 3 aromatic rings. The van der Waals surface area contributed by atoms with Crippen LogP contribution in [-0.4, -0.2) is 20.1 Å². The third-order valence-electron chi connectivity index (χ3n) is 6.47. The third kappa shape index (κ3) is 2.60. The van der Waals surface area contributed by atoms with Gasteiger partial charge in [-0.15, -0.1) is 0 Å². The van der Waals surface area contributed by atoms with Crippen molar-refractivity contribution in [2.75, 3.05) is 19.1 Å². The Kier molecular flexibility index (Phi) is 4.18. The van der Waals surface area contributed by atoms with Gasteiger partial charge in [-0.25, -0.2) is 0 Å². The first-order chi connectivity index (χ1) is 14.1. The van der Waals surface area contributed by atoms with Crippen LogP contribution in [0.4, 0.5) is 5.69 Å². The minimum atomic E-state index is -0.614. The zero-order valence-corrected chi connectivity index (χ0v) is 16.6. The van der Waals surface area contributed by atoms with Crippen molar-refractivity contribution in [3.05, 3.63) is 95.6 Å². The van der Waals surface area contributed by atoms with Crippen LogP contribution in [0.3, 0.4) is 0 Å². The van der Waals surface area contributed by atoms with E-state index in [4.69, 9.17) is 4.74 Å². The fourth-order valence-corrected chi connectivity index (χ4v) is 5.06. The number of hydrogen-bond acceptors (Lipinski definition) is 3. The summed E-state index contributed by atoms with van der Waals surface area (Å²) in [5.74, 6) is 0.999.